The van der Waals surface area contributed by atoms with Crippen molar-refractivity contribution in [3.05, 3.63) is 30.0 Å². The van der Waals surface area contributed by atoms with E-state index in [-0.39, 0.29) is 5.91 Å². The van der Waals surface area contributed by atoms with Crippen LogP contribution in [0.1, 0.15) is 36.9 Å². The van der Waals surface area contributed by atoms with Gasteiger partial charge in [0.25, 0.3) is 0 Å². The molecule has 7 nitrogen and oxygen atoms in total. The molecule has 2 aromatic heterocycles. The summed E-state index contributed by atoms with van der Waals surface area (Å²) < 4.78 is 1.73. The van der Waals surface area contributed by atoms with Crippen LogP contribution in [0.2, 0.25) is 0 Å². The lowest BCUT2D eigenvalue weighted by atomic mass is 9.85. The predicted octanol–water partition coefficient (Wildman–Crippen LogP) is 1.85. The molecule has 0 aromatic carbocycles. The zero-order chi connectivity index (χ0) is 17.4. The number of hydrogen-bond acceptors (Lipinski definition) is 5. The molecule has 0 atom stereocenters. The van der Waals surface area contributed by atoms with Crippen molar-refractivity contribution in [1.29, 1.82) is 5.26 Å². The van der Waals surface area contributed by atoms with Crippen molar-refractivity contribution in [2.24, 2.45) is 12.5 Å². The van der Waals surface area contributed by atoms with Gasteiger partial charge in [0.1, 0.15) is 11.7 Å². The average Bonchev–Trinajstić information content (AvgIpc) is 3.30. The van der Waals surface area contributed by atoms with E-state index in [1.807, 2.05) is 18.1 Å². The van der Waals surface area contributed by atoms with Crippen LogP contribution in [0.5, 0.6) is 0 Å². The Morgan fingerprint density at radius 2 is 2.12 bits per heavy atom. The van der Waals surface area contributed by atoms with Gasteiger partial charge in [-0.15, -0.1) is 0 Å². The van der Waals surface area contributed by atoms with Crippen LogP contribution in [0.4, 0.5) is 0 Å². The van der Waals surface area contributed by atoms with E-state index in [0.29, 0.717) is 32.4 Å². The molecule has 0 bridgehead atoms. The maximum atomic E-state index is 13.1. The largest absolute Gasteiger partial charge is 0.336 e. The van der Waals surface area contributed by atoms with Crippen LogP contribution < -0.4 is 0 Å². The summed E-state index contributed by atoms with van der Waals surface area (Å²) in [4.78, 5) is 23.7. The van der Waals surface area contributed by atoms with Crippen LogP contribution in [0.15, 0.2) is 18.7 Å². The van der Waals surface area contributed by atoms with Crippen LogP contribution in [0, 0.1) is 16.7 Å². The molecule has 0 radical (unpaired) electrons. The van der Waals surface area contributed by atoms with Crippen molar-refractivity contribution in [1.82, 2.24) is 24.6 Å². The van der Waals surface area contributed by atoms with Gasteiger partial charge in [-0.05, 0) is 12.8 Å². The first-order valence-electron chi connectivity index (χ1n) is 8.65. The number of fused-ring (bicyclic) bond motifs is 1. The standard InChI is InChI=1S/C18H20N6O/c1-23-9-13(8-22-23)16-14-10-24(7-4-15(14)20-12-21-16)17(25)18(11-19)5-2-3-6-18/h8-9,12H,2-7,10H2,1H3. The minimum Gasteiger partial charge on any atom is -0.336 e. The number of carbonyl (C=O) groups is 1. The predicted molar refractivity (Wildman–Crippen MR) is 89.9 cm³/mol. The van der Waals surface area contributed by atoms with Gasteiger partial charge in [0, 0.05) is 43.9 Å². The highest BCUT2D eigenvalue weighted by Crippen LogP contribution is 2.40. The molecule has 4 rings (SSSR count). The Morgan fingerprint density at radius 3 is 2.80 bits per heavy atom. The quantitative estimate of drug-likeness (QED) is 0.835. The summed E-state index contributed by atoms with van der Waals surface area (Å²) >= 11 is 0. The molecule has 25 heavy (non-hydrogen) atoms. The molecule has 1 saturated carbocycles. The molecular weight excluding hydrogens is 316 g/mol. The van der Waals surface area contributed by atoms with E-state index < -0.39 is 5.41 Å². The molecule has 3 heterocycles. The lowest BCUT2D eigenvalue weighted by Crippen LogP contribution is -2.44. The van der Waals surface area contributed by atoms with Gasteiger partial charge in [0.05, 0.1) is 23.7 Å². The summed E-state index contributed by atoms with van der Waals surface area (Å²) in [7, 11) is 1.86. The first-order chi connectivity index (χ1) is 12.1. The van der Waals surface area contributed by atoms with Crippen LogP contribution in [-0.2, 0) is 24.8 Å². The molecule has 7 heteroatoms. The van der Waals surface area contributed by atoms with E-state index in [2.05, 4.69) is 21.1 Å². The molecule has 0 unspecified atom stereocenters. The molecule has 1 aliphatic carbocycles. The van der Waals surface area contributed by atoms with E-state index in [9.17, 15) is 10.1 Å². The highest BCUT2D eigenvalue weighted by Gasteiger charge is 2.44. The third-order valence-electron chi connectivity index (χ3n) is 5.35. The third-order valence-corrected chi connectivity index (χ3v) is 5.35. The normalized spacial score (nSPS) is 18.6. The summed E-state index contributed by atoms with van der Waals surface area (Å²) in [6, 6.07) is 2.31. The second-order valence-corrected chi connectivity index (χ2v) is 6.93. The highest BCUT2D eigenvalue weighted by molar-refractivity contribution is 5.86. The Morgan fingerprint density at radius 1 is 1.32 bits per heavy atom. The Balaban J connectivity index is 1.67. The number of amides is 1. The lowest BCUT2D eigenvalue weighted by molar-refractivity contribution is -0.139. The van der Waals surface area contributed by atoms with Crippen molar-refractivity contribution in [2.75, 3.05) is 6.54 Å². The zero-order valence-corrected chi connectivity index (χ0v) is 14.3. The van der Waals surface area contributed by atoms with Crippen LogP contribution in [0.25, 0.3) is 11.3 Å². The monoisotopic (exact) mass is 336 g/mol. The summed E-state index contributed by atoms with van der Waals surface area (Å²) in [5.74, 6) is -0.0286. The zero-order valence-electron chi connectivity index (χ0n) is 14.3. The molecule has 128 valence electrons. The van der Waals surface area contributed by atoms with Gasteiger partial charge in [-0.2, -0.15) is 10.4 Å². The molecule has 2 aliphatic rings. The molecule has 1 aliphatic heterocycles. The van der Waals surface area contributed by atoms with Crippen molar-refractivity contribution < 1.29 is 4.79 Å². The molecule has 0 spiro atoms. The Bertz CT molecular complexity index is 859. The Kier molecular flexibility index (Phi) is 3.75. The summed E-state index contributed by atoms with van der Waals surface area (Å²) in [6.45, 7) is 1.07. The third kappa shape index (κ3) is 2.58. The minimum atomic E-state index is -0.832. The average molecular weight is 336 g/mol. The van der Waals surface area contributed by atoms with E-state index in [4.69, 9.17) is 0 Å². The molecule has 2 aromatic rings. The number of aryl methyl sites for hydroxylation is 1. The number of rotatable bonds is 2. The van der Waals surface area contributed by atoms with Gasteiger partial charge >= 0.3 is 0 Å². The van der Waals surface area contributed by atoms with Gasteiger partial charge in [-0.25, -0.2) is 9.97 Å². The summed E-state index contributed by atoms with van der Waals surface area (Å²) in [5, 5.41) is 13.8. The van der Waals surface area contributed by atoms with Crippen LogP contribution >= 0.6 is 0 Å². The SMILES string of the molecule is Cn1cc(-c2ncnc3c2CN(C(=O)C2(C#N)CCCC2)CC3)cn1. The Hall–Kier alpha value is -2.75. The van der Waals surface area contributed by atoms with Gasteiger partial charge < -0.3 is 4.90 Å². The maximum Gasteiger partial charge on any atom is 0.243 e. The highest BCUT2D eigenvalue weighted by atomic mass is 16.2. The van der Waals surface area contributed by atoms with Gasteiger partial charge in [0.2, 0.25) is 5.91 Å². The molecule has 1 amide bonds. The van der Waals surface area contributed by atoms with Gasteiger partial charge in [-0.1, -0.05) is 12.8 Å². The Labute approximate surface area is 146 Å². The fourth-order valence-electron chi connectivity index (χ4n) is 3.96. The van der Waals surface area contributed by atoms with Crippen molar-refractivity contribution in [3.63, 3.8) is 0 Å². The lowest BCUT2D eigenvalue weighted by Gasteiger charge is -2.33. The minimum absolute atomic E-state index is 0.0286. The van der Waals surface area contributed by atoms with Crippen LogP contribution in [0.3, 0.4) is 0 Å². The van der Waals surface area contributed by atoms with E-state index >= 15 is 0 Å². The van der Waals surface area contributed by atoms with Crippen molar-refractivity contribution >= 4 is 5.91 Å². The summed E-state index contributed by atoms with van der Waals surface area (Å²) in [6.07, 6.45) is 9.21. The second kappa shape index (κ2) is 5.96. The second-order valence-electron chi connectivity index (χ2n) is 6.93. The molecular formula is C18H20N6O. The number of carbonyl (C=O) groups excluding carboxylic acids is 1. The number of nitriles is 1. The number of nitrogens with zero attached hydrogens (tertiary/aromatic N) is 6. The van der Waals surface area contributed by atoms with Crippen molar-refractivity contribution in [2.45, 2.75) is 38.6 Å². The van der Waals surface area contributed by atoms with E-state index in [1.165, 1.54) is 0 Å². The van der Waals surface area contributed by atoms with E-state index in [1.54, 1.807) is 17.2 Å². The van der Waals surface area contributed by atoms with Gasteiger partial charge in [0.15, 0.2) is 0 Å². The van der Waals surface area contributed by atoms with Gasteiger partial charge in [-0.3, -0.25) is 9.48 Å². The topological polar surface area (TPSA) is 87.7 Å². The molecule has 0 saturated heterocycles. The first-order valence-corrected chi connectivity index (χ1v) is 8.65. The fourth-order valence-corrected chi connectivity index (χ4v) is 3.96. The molecule has 0 N–H and O–H groups in total. The summed E-state index contributed by atoms with van der Waals surface area (Å²) in [5.41, 5.74) is 2.87. The van der Waals surface area contributed by atoms with Crippen molar-refractivity contribution in [3.8, 4) is 17.3 Å². The number of aromatic nitrogens is 4. The fraction of sp³-hybridized carbons (Fsp3) is 0.500. The maximum absolute atomic E-state index is 13.1. The first kappa shape index (κ1) is 15.8. The van der Waals surface area contributed by atoms with E-state index in [0.717, 1.165) is 35.4 Å². The molecule has 1 fully saturated rings. The van der Waals surface area contributed by atoms with Crippen LogP contribution in [-0.4, -0.2) is 37.1 Å². The smallest absolute Gasteiger partial charge is 0.243 e. The number of hydrogen-bond donors (Lipinski definition) is 0.